The topological polar surface area (TPSA) is 168 Å². The van der Waals surface area contributed by atoms with Crippen molar-refractivity contribution in [3.05, 3.63) is 45.4 Å². The van der Waals surface area contributed by atoms with Gasteiger partial charge in [0.05, 0.1) is 24.6 Å². The molecule has 0 aliphatic carbocycles. The molecule has 0 aliphatic rings. The van der Waals surface area contributed by atoms with Crippen molar-refractivity contribution in [2.45, 2.75) is 58.4 Å². The minimum Gasteiger partial charge on any atom is -0.444 e. The lowest BCUT2D eigenvalue weighted by Crippen LogP contribution is -2.36. The molecule has 0 saturated carbocycles. The van der Waals surface area contributed by atoms with E-state index in [2.05, 4.69) is 35.3 Å². The van der Waals surface area contributed by atoms with E-state index >= 15 is 0 Å². The van der Waals surface area contributed by atoms with E-state index in [1.54, 1.807) is 39.2 Å². The van der Waals surface area contributed by atoms with Gasteiger partial charge in [-0.05, 0) is 58.2 Å². The number of thioether (sulfide) groups is 1. The van der Waals surface area contributed by atoms with Crippen LogP contribution in [0.15, 0.2) is 56.8 Å². The Bertz CT molecular complexity index is 1720. The summed E-state index contributed by atoms with van der Waals surface area (Å²) in [5.74, 6) is -0.733. The molecule has 17 heteroatoms. The smallest absolute Gasteiger partial charge is 0.413 e. The summed E-state index contributed by atoms with van der Waals surface area (Å²) >= 11 is 6.30. The molecule has 0 radical (unpaired) electrons. The minimum atomic E-state index is -4.56. The Hall–Kier alpha value is -2.31. The molecule has 0 saturated heterocycles. The lowest BCUT2D eigenvalue weighted by Gasteiger charge is -2.19. The van der Waals surface area contributed by atoms with Crippen molar-refractivity contribution < 1.29 is 27.0 Å². The number of benzene rings is 1. The molecule has 216 valence electrons. The number of carbonyl (C=O) groups excluding carboxylic acids is 2. The summed E-state index contributed by atoms with van der Waals surface area (Å²) in [7, 11) is -8.43. The number of ether oxygens (including phenoxy) is 1. The van der Waals surface area contributed by atoms with E-state index in [-0.39, 0.29) is 35.5 Å². The highest BCUT2D eigenvalue weighted by molar-refractivity contribution is 9.10. The number of thiazole rings is 1. The van der Waals surface area contributed by atoms with E-state index in [1.807, 2.05) is 0 Å². The number of hydrogen-bond donors (Lipinski definition) is 3. The minimum absolute atomic E-state index is 0.0667. The zero-order valence-corrected chi connectivity index (χ0v) is 27.8. The third kappa shape index (κ3) is 7.70. The van der Waals surface area contributed by atoms with Crippen molar-refractivity contribution in [2.75, 3.05) is 11.6 Å². The summed E-state index contributed by atoms with van der Waals surface area (Å²) in [5.41, 5.74) is -0.695. The molecule has 2 amide bonds. The van der Waals surface area contributed by atoms with Gasteiger partial charge in [0, 0.05) is 11.4 Å². The van der Waals surface area contributed by atoms with Crippen LogP contribution in [0.4, 0.5) is 9.93 Å². The number of sulfonamides is 1. The van der Waals surface area contributed by atoms with Crippen LogP contribution in [0.3, 0.4) is 0 Å². The average Bonchev–Trinajstić information content (AvgIpc) is 3.41. The lowest BCUT2D eigenvalue weighted by molar-refractivity contribution is -0.114. The Morgan fingerprint density at radius 1 is 1.18 bits per heavy atom. The van der Waals surface area contributed by atoms with Gasteiger partial charge in [-0.1, -0.05) is 37.1 Å². The second-order valence-corrected chi connectivity index (χ2v) is 17.3. The van der Waals surface area contributed by atoms with E-state index in [0.29, 0.717) is 20.0 Å². The Labute approximate surface area is 253 Å². The van der Waals surface area contributed by atoms with Gasteiger partial charge in [0.25, 0.3) is 0 Å². The molecule has 1 atom stereocenters. The second kappa shape index (κ2) is 12.3. The quantitative estimate of drug-likeness (QED) is 0.151. The molecule has 1 aromatic carbocycles. The largest absolute Gasteiger partial charge is 0.444 e. The standard InChI is InChI=1S/C23H26BrN5O6S5/c1-12-20(38-21(26-12)27-13(2)30)40(33,34)29-39(32,15-9-7-8-14(24)10-15)17-11-16(37-19(17)36-6)18(25)28-22(31)35-23(3,4)5/h7-11H,1-6H3,(H2,25,28,31)(H,26,27,30). The number of rotatable bonds is 7. The number of nitrogens with one attached hydrogen (secondary N) is 3. The number of amidine groups is 1. The summed E-state index contributed by atoms with van der Waals surface area (Å²) in [6.07, 6.45) is 0.876. The maximum Gasteiger partial charge on any atom is 0.413 e. The van der Waals surface area contributed by atoms with Crippen molar-refractivity contribution in [3.63, 3.8) is 0 Å². The van der Waals surface area contributed by atoms with Crippen LogP contribution in [-0.4, -0.2) is 47.3 Å². The first-order chi connectivity index (χ1) is 18.4. The van der Waals surface area contributed by atoms with Gasteiger partial charge in [0.15, 0.2) is 9.34 Å². The molecule has 40 heavy (non-hydrogen) atoms. The van der Waals surface area contributed by atoms with E-state index in [9.17, 15) is 22.2 Å². The van der Waals surface area contributed by atoms with Crippen LogP contribution in [0.1, 0.15) is 38.3 Å². The molecular formula is C23H26BrN5O6S5. The van der Waals surface area contributed by atoms with Gasteiger partial charge in [0.1, 0.15) is 21.2 Å². The molecule has 0 aliphatic heterocycles. The maximum atomic E-state index is 14.8. The molecule has 2 aromatic heterocycles. The normalized spacial score (nSPS) is 13.3. The number of nitrogens with zero attached hydrogens (tertiary/aromatic N) is 2. The van der Waals surface area contributed by atoms with Gasteiger partial charge in [-0.25, -0.2) is 14.0 Å². The summed E-state index contributed by atoms with van der Waals surface area (Å²) in [4.78, 5) is 28.2. The Balaban J connectivity index is 2.21. The fraction of sp³-hybridized carbons (Fsp3) is 0.304. The fourth-order valence-corrected chi connectivity index (χ4v) is 11.8. The Morgan fingerprint density at radius 2 is 1.85 bits per heavy atom. The third-order valence-corrected chi connectivity index (χ3v) is 13.6. The summed E-state index contributed by atoms with van der Waals surface area (Å²) < 4.78 is 51.9. The molecule has 0 spiro atoms. The van der Waals surface area contributed by atoms with Crippen LogP contribution in [0.5, 0.6) is 0 Å². The number of thiophene rings is 1. The van der Waals surface area contributed by atoms with Crippen molar-refractivity contribution in [1.82, 2.24) is 10.3 Å². The van der Waals surface area contributed by atoms with Gasteiger partial charge in [-0.15, -0.1) is 23.1 Å². The number of hydrogen-bond acceptors (Lipinski definition) is 11. The maximum absolute atomic E-state index is 14.8. The molecule has 1 unspecified atom stereocenters. The second-order valence-electron chi connectivity index (χ2n) is 9.07. The average molecular weight is 709 g/mol. The highest BCUT2D eigenvalue weighted by Crippen LogP contribution is 2.40. The number of alkyl carbamates (subject to hydrolysis) is 1. The first-order valence-electron chi connectivity index (χ1n) is 11.3. The predicted molar refractivity (Wildman–Crippen MR) is 162 cm³/mol. The summed E-state index contributed by atoms with van der Waals surface area (Å²) in [6.45, 7) is 7.77. The summed E-state index contributed by atoms with van der Waals surface area (Å²) in [6, 6.07) is 7.70. The van der Waals surface area contributed by atoms with Gasteiger partial charge >= 0.3 is 16.1 Å². The molecular weight excluding hydrogens is 683 g/mol. The molecule has 3 N–H and O–H groups in total. The van der Waals surface area contributed by atoms with Crippen molar-refractivity contribution in [1.29, 1.82) is 5.41 Å². The zero-order valence-electron chi connectivity index (χ0n) is 22.1. The molecule has 3 rings (SSSR count). The third-order valence-electron chi connectivity index (χ3n) is 4.61. The highest BCUT2D eigenvalue weighted by atomic mass is 79.9. The van der Waals surface area contributed by atoms with E-state index < -0.39 is 37.4 Å². The van der Waals surface area contributed by atoms with Gasteiger partial charge in [0.2, 0.25) is 5.91 Å². The van der Waals surface area contributed by atoms with Crippen molar-refractivity contribution >= 4 is 93.1 Å². The fourth-order valence-electron chi connectivity index (χ4n) is 3.13. The monoisotopic (exact) mass is 707 g/mol. The number of anilines is 1. The predicted octanol–water partition coefficient (Wildman–Crippen LogP) is 6.08. The lowest BCUT2D eigenvalue weighted by atomic mass is 10.2. The molecule has 0 fully saturated rings. The van der Waals surface area contributed by atoms with Gasteiger partial charge in [-0.2, -0.15) is 8.42 Å². The molecule has 2 heterocycles. The zero-order chi connectivity index (χ0) is 30.0. The molecule has 11 nitrogen and oxygen atoms in total. The van der Waals surface area contributed by atoms with Crippen LogP contribution >= 0.6 is 50.4 Å². The Morgan fingerprint density at radius 3 is 2.42 bits per heavy atom. The van der Waals surface area contributed by atoms with E-state index in [4.69, 9.17) is 10.1 Å². The van der Waals surface area contributed by atoms with Crippen LogP contribution in [0.2, 0.25) is 0 Å². The number of aryl methyl sites for hydroxylation is 1. The first kappa shape index (κ1) is 32.2. The number of carbonyl (C=O) groups is 2. The number of aromatic nitrogens is 1. The van der Waals surface area contributed by atoms with Gasteiger partial charge in [-0.3, -0.25) is 15.5 Å². The van der Waals surface area contributed by atoms with Crippen molar-refractivity contribution in [3.8, 4) is 0 Å². The van der Waals surface area contributed by atoms with Crippen LogP contribution in [-0.2, 0) is 29.3 Å². The Kier molecular flexibility index (Phi) is 9.89. The number of halogens is 1. The van der Waals surface area contributed by atoms with Gasteiger partial charge < -0.3 is 10.1 Å². The summed E-state index contributed by atoms with van der Waals surface area (Å²) in [5, 5.41) is 13.3. The van der Waals surface area contributed by atoms with E-state index in [0.717, 1.165) is 11.3 Å². The SMILES string of the molecule is CSc1sc(C(=N)NC(=O)OC(C)(C)C)cc1S(=O)(=NS(=O)(=O)c1sc(NC(C)=O)nc1C)c1cccc(Br)c1. The molecule has 3 aromatic rings. The van der Waals surface area contributed by atoms with Crippen molar-refractivity contribution in [2.24, 2.45) is 3.77 Å². The number of amides is 2. The van der Waals surface area contributed by atoms with Crippen LogP contribution in [0.25, 0.3) is 0 Å². The molecule has 0 bridgehead atoms. The van der Waals surface area contributed by atoms with E-state index in [1.165, 1.54) is 43.8 Å². The highest BCUT2D eigenvalue weighted by Gasteiger charge is 2.31. The first-order valence-corrected chi connectivity index (χ1v) is 17.9. The van der Waals surface area contributed by atoms with Crippen LogP contribution in [0, 0.1) is 12.3 Å². The van der Waals surface area contributed by atoms with Crippen LogP contribution < -0.4 is 10.6 Å².